The van der Waals surface area contributed by atoms with E-state index in [-0.39, 0.29) is 11.1 Å². The van der Waals surface area contributed by atoms with Crippen LogP contribution in [-0.4, -0.2) is 37.1 Å². The summed E-state index contributed by atoms with van der Waals surface area (Å²) in [6, 6.07) is -0.0597. The van der Waals surface area contributed by atoms with Gasteiger partial charge in [0.1, 0.15) is 0 Å². The van der Waals surface area contributed by atoms with Crippen molar-refractivity contribution in [2.45, 2.75) is 37.9 Å². The lowest BCUT2D eigenvalue weighted by Gasteiger charge is -2.29. The maximum Gasteiger partial charge on any atom is 0.259 e. The third-order valence-electron chi connectivity index (χ3n) is 3.38. The van der Waals surface area contributed by atoms with Gasteiger partial charge >= 0.3 is 0 Å². The average molecular weight is 272 g/mol. The first-order chi connectivity index (χ1) is 8.53. The maximum absolute atomic E-state index is 12.2. The Morgan fingerprint density at radius 3 is 3.00 bits per heavy atom. The molecule has 0 aliphatic carbocycles. The molecular weight excluding hydrogens is 252 g/mol. The second kappa shape index (κ2) is 5.38. The molecule has 0 bridgehead atoms. The van der Waals surface area contributed by atoms with Crippen molar-refractivity contribution in [2.24, 2.45) is 5.92 Å². The molecule has 2 rings (SSSR count). The summed E-state index contributed by atoms with van der Waals surface area (Å²) in [5.74, 6) is 0.342. The van der Waals surface area contributed by atoms with Gasteiger partial charge in [-0.2, -0.15) is 0 Å². The Morgan fingerprint density at radius 2 is 2.39 bits per heavy atom. The standard InChI is InChI=1S/C11H20N4O2S/c1-3-15-7-11(13-8-15)18(16,17)14-10-6-12-5-4-9(10)2/h7-10,12,14H,3-6H2,1-2H3. The van der Waals surface area contributed by atoms with Crippen LogP contribution >= 0.6 is 0 Å². The lowest BCUT2D eigenvalue weighted by atomic mass is 9.96. The lowest BCUT2D eigenvalue weighted by molar-refractivity contribution is 0.327. The first-order valence-corrected chi connectivity index (χ1v) is 7.76. The predicted octanol–water partition coefficient (Wildman–Crippen LogP) is 0.179. The summed E-state index contributed by atoms with van der Waals surface area (Å²) in [4.78, 5) is 3.94. The Balaban J connectivity index is 2.11. The van der Waals surface area contributed by atoms with Crippen molar-refractivity contribution in [3.63, 3.8) is 0 Å². The molecule has 2 atom stereocenters. The molecule has 2 heterocycles. The van der Waals surface area contributed by atoms with Gasteiger partial charge in [0, 0.05) is 25.3 Å². The van der Waals surface area contributed by atoms with Gasteiger partial charge in [-0.15, -0.1) is 0 Å². The number of sulfonamides is 1. The summed E-state index contributed by atoms with van der Waals surface area (Å²) in [6.45, 7) is 6.35. The second-order valence-electron chi connectivity index (χ2n) is 4.74. The largest absolute Gasteiger partial charge is 0.336 e. The number of rotatable bonds is 4. The summed E-state index contributed by atoms with van der Waals surface area (Å²) in [6.07, 6.45) is 4.08. The van der Waals surface area contributed by atoms with Crippen molar-refractivity contribution < 1.29 is 8.42 Å². The number of nitrogens with one attached hydrogen (secondary N) is 2. The Hall–Kier alpha value is -0.920. The smallest absolute Gasteiger partial charge is 0.259 e. The van der Waals surface area contributed by atoms with Crippen LogP contribution in [0.15, 0.2) is 17.6 Å². The predicted molar refractivity (Wildman–Crippen MR) is 68.7 cm³/mol. The fourth-order valence-electron chi connectivity index (χ4n) is 2.06. The van der Waals surface area contributed by atoms with Gasteiger partial charge in [-0.3, -0.25) is 0 Å². The Kier molecular flexibility index (Phi) is 4.04. The molecule has 6 nitrogen and oxygen atoms in total. The van der Waals surface area contributed by atoms with Gasteiger partial charge in [-0.25, -0.2) is 18.1 Å². The fraction of sp³-hybridized carbons (Fsp3) is 0.727. The van der Waals surface area contributed by atoms with Crippen LogP contribution < -0.4 is 10.0 Å². The van der Waals surface area contributed by atoms with Crippen LogP contribution in [0.25, 0.3) is 0 Å². The van der Waals surface area contributed by atoms with Gasteiger partial charge in [0.05, 0.1) is 6.33 Å². The van der Waals surface area contributed by atoms with E-state index in [0.29, 0.717) is 19.0 Å². The van der Waals surface area contributed by atoms with Crippen LogP contribution in [0.1, 0.15) is 20.3 Å². The quantitative estimate of drug-likeness (QED) is 0.820. The highest BCUT2D eigenvalue weighted by molar-refractivity contribution is 7.89. The highest BCUT2D eigenvalue weighted by Crippen LogP contribution is 2.14. The summed E-state index contributed by atoms with van der Waals surface area (Å²) in [5.41, 5.74) is 0. The number of hydrogen-bond donors (Lipinski definition) is 2. The molecule has 1 aliphatic rings. The third-order valence-corrected chi connectivity index (χ3v) is 4.76. The highest BCUT2D eigenvalue weighted by atomic mass is 32.2. The summed E-state index contributed by atoms with van der Waals surface area (Å²) in [7, 11) is -3.50. The van der Waals surface area contributed by atoms with Gasteiger partial charge in [0.15, 0.2) is 5.03 Å². The molecule has 2 unspecified atom stereocenters. The molecule has 0 amide bonds. The molecule has 1 aromatic heterocycles. The number of aromatic nitrogens is 2. The van der Waals surface area contributed by atoms with E-state index < -0.39 is 10.0 Å². The van der Waals surface area contributed by atoms with Gasteiger partial charge < -0.3 is 9.88 Å². The normalized spacial score (nSPS) is 25.2. The van der Waals surface area contributed by atoms with Gasteiger partial charge in [-0.05, 0) is 25.8 Å². The molecule has 0 saturated carbocycles. The topological polar surface area (TPSA) is 76.0 Å². The van der Waals surface area contributed by atoms with E-state index in [1.54, 1.807) is 10.8 Å². The zero-order valence-electron chi connectivity index (χ0n) is 10.8. The number of piperidine rings is 1. The van der Waals surface area contributed by atoms with Crippen molar-refractivity contribution >= 4 is 10.0 Å². The summed E-state index contributed by atoms with van der Waals surface area (Å²) in [5, 5.41) is 3.30. The van der Waals surface area contributed by atoms with Gasteiger partial charge in [-0.1, -0.05) is 6.92 Å². The molecule has 0 radical (unpaired) electrons. The SMILES string of the molecule is CCn1cnc(S(=O)(=O)NC2CNCCC2C)c1. The third kappa shape index (κ3) is 2.90. The first-order valence-electron chi connectivity index (χ1n) is 6.27. The molecule has 2 N–H and O–H groups in total. The van der Waals surface area contributed by atoms with Gasteiger partial charge in [0.2, 0.25) is 0 Å². The monoisotopic (exact) mass is 272 g/mol. The molecule has 18 heavy (non-hydrogen) atoms. The minimum absolute atomic E-state index is 0.0597. The molecule has 1 aliphatic heterocycles. The number of nitrogens with zero attached hydrogens (tertiary/aromatic N) is 2. The minimum Gasteiger partial charge on any atom is -0.336 e. The molecular formula is C11H20N4O2S. The molecule has 1 aromatic rings. The maximum atomic E-state index is 12.2. The van der Waals surface area contributed by atoms with E-state index in [4.69, 9.17) is 0 Å². The highest BCUT2D eigenvalue weighted by Gasteiger charge is 2.27. The Bertz CT molecular complexity index is 497. The fourth-order valence-corrected chi connectivity index (χ4v) is 3.35. The van der Waals surface area contributed by atoms with Crippen molar-refractivity contribution in [3.8, 4) is 0 Å². The first kappa shape index (κ1) is 13.5. The van der Waals surface area contributed by atoms with Crippen LogP contribution in [0.3, 0.4) is 0 Å². The summed E-state index contributed by atoms with van der Waals surface area (Å²) >= 11 is 0. The molecule has 1 fully saturated rings. The lowest BCUT2D eigenvalue weighted by Crippen LogP contribution is -2.50. The van der Waals surface area contributed by atoms with E-state index in [2.05, 4.69) is 21.9 Å². The Morgan fingerprint density at radius 1 is 1.61 bits per heavy atom. The van der Waals surface area contributed by atoms with Crippen molar-refractivity contribution in [1.29, 1.82) is 0 Å². The number of hydrogen-bond acceptors (Lipinski definition) is 4. The molecule has 102 valence electrons. The molecule has 1 saturated heterocycles. The molecule has 0 spiro atoms. The van der Waals surface area contributed by atoms with Crippen LogP contribution in [0, 0.1) is 5.92 Å². The van der Waals surface area contributed by atoms with E-state index in [9.17, 15) is 8.42 Å². The van der Waals surface area contributed by atoms with E-state index >= 15 is 0 Å². The minimum atomic E-state index is -3.50. The van der Waals surface area contributed by atoms with Gasteiger partial charge in [0.25, 0.3) is 10.0 Å². The van der Waals surface area contributed by atoms with Crippen LogP contribution in [-0.2, 0) is 16.6 Å². The van der Waals surface area contributed by atoms with E-state index in [1.165, 1.54) is 6.33 Å². The zero-order chi connectivity index (χ0) is 13.2. The van der Waals surface area contributed by atoms with Crippen molar-refractivity contribution in [3.05, 3.63) is 12.5 Å². The average Bonchev–Trinajstić information content (AvgIpc) is 2.81. The molecule has 0 aromatic carbocycles. The molecule has 7 heteroatoms. The van der Waals surface area contributed by atoms with Crippen molar-refractivity contribution in [1.82, 2.24) is 19.6 Å². The number of aryl methyl sites for hydroxylation is 1. The van der Waals surface area contributed by atoms with Crippen LogP contribution in [0.2, 0.25) is 0 Å². The van der Waals surface area contributed by atoms with E-state index in [1.807, 2.05) is 6.92 Å². The second-order valence-corrected chi connectivity index (χ2v) is 6.40. The van der Waals surface area contributed by atoms with Crippen molar-refractivity contribution in [2.75, 3.05) is 13.1 Å². The summed E-state index contributed by atoms with van der Waals surface area (Å²) < 4.78 is 28.8. The Labute approximate surface area is 108 Å². The zero-order valence-corrected chi connectivity index (χ0v) is 11.6. The number of imidazole rings is 1. The van der Waals surface area contributed by atoms with Crippen LogP contribution in [0.5, 0.6) is 0 Å². The van der Waals surface area contributed by atoms with Crippen LogP contribution in [0.4, 0.5) is 0 Å². The van der Waals surface area contributed by atoms with E-state index in [0.717, 1.165) is 13.0 Å².